The largest absolute Gasteiger partial charge is 0.352 e. The predicted molar refractivity (Wildman–Crippen MR) is 154 cm³/mol. The van der Waals surface area contributed by atoms with Crippen molar-refractivity contribution in [1.82, 2.24) is 24.8 Å². The number of aromatic nitrogens is 3. The number of nitrogens with one attached hydrogen (secondary N) is 2. The molecular formula is C30H32N6OS. The topological polar surface area (TPSA) is 75.1 Å². The molecule has 1 aliphatic rings. The summed E-state index contributed by atoms with van der Waals surface area (Å²) < 4.78 is 2.32. The summed E-state index contributed by atoms with van der Waals surface area (Å²) in [4.78, 5) is 23.8. The molecule has 0 spiro atoms. The van der Waals surface area contributed by atoms with E-state index >= 15 is 0 Å². The minimum Gasteiger partial charge on any atom is -0.352 e. The van der Waals surface area contributed by atoms with Crippen LogP contribution < -0.4 is 10.6 Å². The molecular weight excluding hydrogens is 492 g/mol. The zero-order valence-electron chi connectivity index (χ0n) is 21.9. The Balaban J connectivity index is 1.43. The second kappa shape index (κ2) is 11.1. The van der Waals surface area contributed by atoms with Crippen LogP contribution in [-0.4, -0.2) is 37.0 Å². The second-order valence-electron chi connectivity index (χ2n) is 9.76. The van der Waals surface area contributed by atoms with Crippen molar-refractivity contribution in [2.75, 3.05) is 11.9 Å². The molecule has 1 amide bonds. The Bertz CT molecular complexity index is 1440. The van der Waals surface area contributed by atoms with Crippen molar-refractivity contribution in [2.24, 2.45) is 0 Å². The van der Waals surface area contributed by atoms with Crippen LogP contribution in [-0.2, 0) is 11.3 Å². The number of rotatable bonds is 8. The highest BCUT2D eigenvalue weighted by Gasteiger charge is 2.41. The zero-order valence-corrected chi connectivity index (χ0v) is 22.7. The number of aryl methyl sites for hydroxylation is 2. The van der Waals surface area contributed by atoms with E-state index in [0.717, 1.165) is 23.5 Å². The third-order valence-corrected chi connectivity index (χ3v) is 7.45. The molecule has 5 rings (SSSR count). The van der Waals surface area contributed by atoms with Gasteiger partial charge >= 0.3 is 0 Å². The highest BCUT2D eigenvalue weighted by molar-refractivity contribution is 7.80. The SMILES string of the molecule is Cc1cccc(NC(=O)CCN2C(=S)N[C@@H](c3ccccn3)[C@H]2c2cc(C)n(Cc3ccncc3)c2C)c1. The van der Waals surface area contributed by atoms with Crippen molar-refractivity contribution in [3.05, 3.63) is 113 Å². The monoisotopic (exact) mass is 524 g/mol. The maximum absolute atomic E-state index is 12.9. The predicted octanol–water partition coefficient (Wildman–Crippen LogP) is 5.25. The van der Waals surface area contributed by atoms with Gasteiger partial charge in [-0.15, -0.1) is 0 Å². The molecule has 4 heterocycles. The molecule has 4 aromatic rings. The molecule has 7 nitrogen and oxygen atoms in total. The van der Waals surface area contributed by atoms with Crippen LogP contribution in [0, 0.1) is 20.8 Å². The van der Waals surface area contributed by atoms with Crippen molar-refractivity contribution < 1.29 is 4.79 Å². The van der Waals surface area contributed by atoms with Crippen LogP contribution in [0.15, 0.2) is 79.3 Å². The molecule has 1 aromatic carbocycles. The number of pyridine rings is 2. The zero-order chi connectivity index (χ0) is 26.6. The first kappa shape index (κ1) is 25.6. The molecule has 194 valence electrons. The molecule has 0 unspecified atom stereocenters. The minimum absolute atomic E-state index is 0.0402. The van der Waals surface area contributed by atoms with Crippen LogP contribution in [0.1, 0.15) is 52.3 Å². The third-order valence-electron chi connectivity index (χ3n) is 7.10. The van der Waals surface area contributed by atoms with Gasteiger partial charge in [-0.1, -0.05) is 18.2 Å². The molecule has 1 aliphatic heterocycles. The number of anilines is 1. The summed E-state index contributed by atoms with van der Waals surface area (Å²) >= 11 is 5.82. The number of carbonyl (C=O) groups is 1. The van der Waals surface area contributed by atoms with Gasteiger partial charge in [0.05, 0.1) is 17.8 Å². The van der Waals surface area contributed by atoms with Crippen LogP contribution in [0.3, 0.4) is 0 Å². The molecule has 3 aromatic heterocycles. The van der Waals surface area contributed by atoms with Gasteiger partial charge < -0.3 is 20.1 Å². The molecule has 8 heteroatoms. The van der Waals surface area contributed by atoms with E-state index in [1.165, 1.54) is 22.5 Å². The van der Waals surface area contributed by atoms with E-state index in [2.05, 4.69) is 50.0 Å². The lowest BCUT2D eigenvalue weighted by atomic mass is 9.96. The van der Waals surface area contributed by atoms with Crippen LogP contribution in [0.2, 0.25) is 0 Å². The Morgan fingerprint density at radius 1 is 1.03 bits per heavy atom. The number of hydrogen-bond donors (Lipinski definition) is 2. The Morgan fingerprint density at radius 3 is 2.58 bits per heavy atom. The quantitative estimate of drug-likeness (QED) is 0.307. The van der Waals surface area contributed by atoms with E-state index in [0.29, 0.717) is 18.1 Å². The van der Waals surface area contributed by atoms with Gasteiger partial charge in [-0.2, -0.15) is 0 Å². The number of carbonyl (C=O) groups excluding carboxylic acids is 1. The van der Waals surface area contributed by atoms with Gasteiger partial charge in [0.1, 0.15) is 0 Å². The van der Waals surface area contributed by atoms with E-state index < -0.39 is 0 Å². The Morgan fingerprint density at radius 2 is 1.84 bits per heavy atom. The summed E-state index contributed by atoms with van der Waals surface area (Å²) in [6, 6.07) is 19.9. The lowest BCUT2D eigenvalue weighted by Crippen LogP contribution is -2.33. The molecule has 0 aliphatic carbocycles. The van der Waals surface area contributed by atoms with Gasteiger partial charge in [0.2, 0.25) is 5.91 Å². The van der Waals surface area contributed by atoms with E-state index in [4.69, 9.17) is 12.2 Å². The van der Waals surface area contributed by atoms with Crippen molar-refractivity contribution >= 4 is 28.9 Å². The molecule has 0 saturated carbocycles. The summed E-state index contributed by atoms with van der Waals surface area (Å²) in [5, 5.41) is 7.15. The van der Waals surface area contributed by atoms with E-state index in [-0.39, 0.29) is 18.0 Å². The Kier molecular flexibility index (Phi) is 7.51. The lowest BCUT2D eigenvalue weighted by molar-refractivity contribution is -0.116. The van der Waals surface area contributed by atoms with E-state index in [9.17, 15) is 4.79 Å². The van der Waals surface area contributed by atoms with Crippen LogP contribution in [0.5, 0.6) is 0 Å². The molecule has 2 N–H and O–H groups in total. The molecule has 0 radical (unpaired) electrons. The molecule has 0 bridgehead atoms. The third kappa shape index (κ3) is 5.45. The molecule has 2 atom stereocenters. The first-order valence-electron chi connectivity index (χ1n) is 12.8. The van der Waals surface area contributed by atoms with Gasteiger partial charge in [0.25, 0.3) is 0 Å². The van der Waals surface area contributed by atoms with Crippen LogP contribution in [0.4, 0.5) is 5.69 Å². The van der Waals surface area contributed by atoms with Crippen molar-refractivity contribution in [3.63, 3.8) is 0 Å². The maximum Gasteiger partial charge on any atom is 0.226 e. The number of nitrogens with zero attached hydrogens (tertiary/aromatic N) is 4. The average Bonchev–Trinajstić information content (AvgIpc) is 3.39. The van der Waals surface area contributed by atoms with E-state index in [1.54, 1.807) is 0 Å². The fourth-order valence-electron chi connectivity index (χ4n) is 5.19. The van der Waals surface area contributed by atoms with Crippen LogP contribution in [0.25, 0.3) is 0 Å². The first-order valence-corrected chi connectivity index (χ1v) is 13.2. The molecule has 1 fully saturated rings. The summed E-state index contributed by atoms with van der Waals surface area (Å²) in [5.74, 6) is -0.0402. The van der Waals surface area contributed by atoms with Crippen molar-refractivity contribution in [2.45, 2.75) is 45.8 Å². The standard InChI is InChI=1S/C30H32N6OS/c1-20-7-6-8-24(17-20)33-27(37)12-16-35-29(28(34-30(35)38)26-9-4-5-13-32-26)25-18-21(2)36(22(25)3)19-23-10-14-31-15-11-23/h4-11,13-15,17-18,28-29H,12,16,19H2,1-3H3,(H,33,37)(H,34,38)/t28-,29+/m0/s1. The smallest absolute Gasteiger partial charge is 0.226 e. The highest BCUT2D eigenvalue weighted by Crippen LogP contribution is 2.41. The number of thiocarbonyl (C=S) groups is 1. The van der Waals surface area contributed by atoms with Gasteiger partial charge in [-0.05, 0) is 92.1 Å². The minimum atomic E-state index is -0.126. The maximum atomic E-state index is 12.9. The summed E-state index contributed by atoms with van der Waals surface area (Å²) in [6.07, 6.45) is 5.77. The Labute approximate surface area is 228 Å². The van der Waals surface area contributed by atoms with Gasteiger partial charge in [0.15, 0.2) is 5.11 Å². The number of benzene rings is 1. The first-order chi connectivity index (χ1) is 18.4. The van der Waals surface area contributed by atoms with Gasteiger partial charge in [-0.25, -0.2) is 0 Å². The normalized spacial score (nSPS) is 16.9. The molecule has 38 heavy (non-hydrogen) atoms. The van der Waals surface area contributed by atoms with Gasteiger partial charge in [-0.3, -0.25) is 14.8 Å². The van der Waals surface area contributed by atoms with Crippen molar-refractivity contribution in [1.29, 1.82) is 0 Å². The lowest BCUT2D eigenvalue weighted by Gasteiger charge is -2.28. The van der Waals surface area contributed by atoms with Gasteiger partial charge in [0, 0.05) is 55.2 Å². The summed E-state index contributed by atoms with van der Waals surface area (Å²) in [6.45, 7) is 7.55. The fourth-order valence-corrected chi connectivity index (χ4v) is 5.53. The average molecular weight is 525 g/mol. The molecule has 1 saturated heterocycles. The fraction of sp³-hybridized carbons (Fsp3) is 0.267. The number of hydrogen-bond acceptors (Lipinski definition) is 4. The highest BCUT2D eigenvalue weighted by atomic mass is 32.1. The number of amides is 1. The second-order valence-corrected chi connectivity index (χ2v) is 10.1. The van der Waals surface area contributed by atoms with E-state index in [1.807, 2.05) is 80.1 Å². The van der Waals surface area contributed by atoms with Crippen LogP contribution >= 0.6 is 12.2 Å². The summed E-state index contributed by atoms with van der Waals surface area (Å²) in [5.41, 5.74) is 7.55. The Hall–Kier alpha value is -4.04. The van der Waals surface area contributed by atoms with Crippen molar-refractivity contribution in [3.8, 4) is 0 Å². The summed E-state index contributed by atoms with van der Waals surface area (Å²) in [7, 11) is 0.